The molecule has 68 valence electrons. The van der Waals surface area contributed by atoms with Gasteiger partial charge in [0.05, 0.1) is 0 Å². The van der Waals surface area contributed by atoms with Gasteiger partial charge in [0.25, 0.3) is 0 Å². The zero-order chi connectivity index (χ0) is 8.60. The van der Waals surface area contributed by atoms with Gasteiger partial charge in [0.15, 0.2) is 0 Å². The number of hydrogen-bond acceptors (Lipinski definition) is 2. The number of rotatable bonds is 3. The van der Waals surface area contributed by atoms with Crippen molar-refractivity contribution < 1.29 is 4.79 Å². The van der Waals surface area contributed by atoms with Gasteiger partial charge in [-0.3, -0.25) is 4.79 Å². The summed E-state index contributed by atoms with van der Waals surface area (Å²) in [6.45, 7) is 5.88. The lowest BCUT2D eigenvalue weighted by molar-refractivity contribution is -0.115. The van der Waals surface area contributed by atoms with Crippen LogP contribution in [0.3, 0.4) is 0 Å². The SMILES string of the molecule is CCN1CC2(CC(NC=O)C2)C1. The molecule has 0 aromatic rings. The van der Waals surface area contributed by atoms with E-state index in [1.807, 2.05) is 0 Å². The van der Waals surface area contributed by atoms with Crippen molar-refractivity contribution in [1.29, 1.82) is 0 Å². The summed E-state index contributed by atoms with van der Waals surface area (Å²) in [5.74, 6) is 0. The number of hydrogen-bond donors (Lipinski definition) is 1. The Balaban J connectivity index is 1.72. The van der Waals surface area contributed by atoms with Crippen LogP contribution in [-0.2, 0) is 4.79 Å². The van der Waals surface area contributed by atoms with E-state index in [0.29, 0.717) is 11.5 Å². The van der Waals surface area contributed by atoms with E-state index >= 15 is 0 Å². The Bertz CT molecular complexity index is 179. The summed E-state index contributed by atoms with van der Waals surface area (Å²) >= 11 is 0. The van der Waals surface area contributed by atoms with Crippen LogP contribution >= 0.6 is 0 Å². The van der Waals surface area contributed by atoms with E-state index < -0.39 is 0 Å². The first kappa shape index (κ1) is 8.05. The minimum Gasteiger partial charge on any atom is -0.356 e. The van der Waals surface area contributed by atoms with Crippen molar-refractivity contribution >= 4 is 6.41 Å². The van der Waals surface area contributed by atoms with Crippen molar-refractivity contribution in [2.24, 2.45) is 5.41 Å². The average molecular weight is 168 g/mol. The van der Waals surface area contributed by atoms with Crippen LogP contribution in [-0.4, -0.2) is 37.0 Å². The first-order valence-electron chi connectivity index (χ1n) is 4.70. The Kier molecular flexibility index (Phi) is 1.83. The molecule has 0 bridgehead atoms. The molecule has 2 aliphatic rings. The zero-order valence-corrected chi connectivity index (χ0v) is 7.55. The minimum atomic E-state index is 0.474. The summed E-state index contributed by atoms with van der Waals surface area (Å²) in [7, 11) is 0. The number of carbonyl (C=O) groups is 1. The fourth-order valence-corrected chi connectivity index (χ4v) is 2.58. The van der Waals surface area contributed by atoms with Crippen LogP contribution in [0.1, 0.15) is 19.8 Å². The first-order chi connectivity index (χ1) is 5.78. The van der Waals surface area contributed by atoms with Gasteiger partial charge < -0.3 is 10.2 Å². The monoisotopic (exact) mass is 168 g/mol. The lowest BCUT2D eigenvalue weighted by atomic mass is 9.61. The van der Waals surface area contributed by atoms with Crippen LogP contribution in [0.5, 0.6) is 0 Å². The average Bonchev–Trinajstić information content (AvgIpc) is 1.91. The van der Waals surface area contributed by atoms with E-state index in [2.05, 4.69) is 17.1 Å². The van der Waals surface area contributed by atoms with Crippen molar-refractivity contribution in [3.8, 4) is 0 Å². The third-order valence-electron chi connectivity index (χ3n) is 3.23. The maximum Gasteiger partial charge on any atom is 0.207 e. The van der Waals surface area contributed by atoms with Gasteiger partial charge in [-0.1, -0.05) is 6.92 Å². The summed E-state index contributed by atoms with van der Waals surface area (Å²) < 4.78 is 0. The summed E-state index contributed by atoms with van der Waals surface area (Å²) in [6, 6.07) is 0.474. The van der Waals surface area contributed by atoms with Gasteiger partial charge in [-0.15, -0.1) is 0 Å². The molecule has 2 fully saturated rings. The van der Waals surface area contributed by atoms with Crippen LogP contribution in [0.15, 0.2) is 0 Å². The second-order valence-electron chi connectivity index (χ2n) is 4.19. The fourth-order valence-electron chi connectivity index (χ4n) is 2.58. The second-order valence-corrected chi connectivity index (χ2v) is 4.19. The molecular formula is C9H16N2O. The van der Waals surface area contributed by atoms with Crippen molar-refractivity contribution in [1.82, 2.24) is 10.2 Å². The van der Waals surface area contributed by atoms with Crippen molar-refractivity contribution in [3.63, 3.8) is 0 Å². The maximum atomic E-state index is 10.1. The molecule has 1 aliphatic carbocycles. The Morgan fingerprint density at radius 3 is 2.75 bits per heavy atom. The van der Waals surface area contributed by atoms with Crippen LogP contribution < -0.4 is 5.32 Å². The molecule has 0 atom stereocenters. The quantitative estimate of drug-likeness (QED) is 0.611. The highest BCUT2D eigenvalue weighted by molar-refractivity contribution is 5.47. The minimum absolute atomic E-state index is 0.474. The number of amides is 1. The summed E-state index contributed by atoms with van der Waals surface area (Å²) in [4.78, 5) is 12.6. The molecule has 1 N–H and O–H groups in total. The summed E-state index contributed by atoms with van der Waals surface area (Å²) in [5, 5.41) is 2.84. The molecule has 1 heterocycles. The molecule has 1 saturated carbocycles. The Hall–Kier alpha value is -0.570. The molecule has 0 radical (unpaired) electrons. The standard InChI is InChI=1S/C9H16N2O/c1-2-11-5-9(6-11)3-8(4-9)10-7-12/h7-8H,2-6H2,1H3,(H,10,12). The predicted octanol–water partition coefficient (Wildman–Crippen LogP) is 0.217. The molecule has 12 heavy (non-hydrogen) atoms. The van der Waals surface area contributed by atoms with Gasteiger partial charge in [-0.25, -0.2) is 0 Å². The van der Waals surface area contributed by atoms with Crippen LogP contribution in [0.2, 0.25) is 0 Å². The lowest BCUT2D eigenvalue weighted by Gasteiger charge is -2.59. The molecule has 1 aliphatic heterocycles. The Labute approximate surface area is 73.1 Å². The van der Waals surface area contributed by atoms with Gasteiger partial charge in [-0.2, -0.15) is 0 Å². The fraction of sp³-hybridized carbons (Fsp3) is 0.889. The lowest BCUT2D eigenvalue weighted by Crippen LogP contribution is -2.65. The number of nitrogens with one attached hydrogen (secondary N) is 1. The molecule has 1 saturated heterocycles. The third-order valence-corrected chi connectivity index (χ3v) is 3.23. The van der Waals surface area contributed by atoms with Crippen LogP contribution in [0.25, 0.3) is 0 Å². The van der Waals surface area contributed by atoms with Crippen molar-refractivity contribution in [3.05, 3.63) is 0 Å². The number of carbonyl (C=O) groups excluding carboxylic acids is 1. The summed E-state index contributed by atoms with van der Waals surface area (Å²) in [6.07, 6.45) is 3.22. The highest BCUT2D eigenvalue weighted by Crippen LogP contribution is 2.47. The Morgan fingerprint density at radius 2 is 2.25 bits per heavy atom. The molecule has 2 rings (SSSR count). The molecule has 1 spiro atoms. The van der Waals surface area contributed by atoms with E-state index in [1.165, 1.54) is 32.5 Å². The molecule has 3 heteroatoms. The van der Waals surface area contributed by atoms with Crippen LogP contribution in [0.4, 0.5) is 0 Å². The van der Waals surface area contributed by atoms with E-state index in [0.717, 1.165) is 6.41 Å². The number of likely N-dealkylation sites (tertiary alicyclic amines) is 1. The third kappa shape index (κ3) is 1.12. The van der Waals surface area contributed by atoms with Gasteiger partial charge in [-0.05, 0) is 24.8 Å². The highest BCUT2D eigenvalue weighted by atomic mass is 16.1. The first-order valence-corrected chi connectivity index (χ1v) is 4.70. The van der Waals surface area contributed by atoms with Gasteiger partial charge in [0, 0.05) is 19.1 Å². The highest BCUT2D eigenvalue weighted by Gasteiger charge is 2.51. The molecule has 1 amide bonds. The van der Waals surface area contributed by atoms with Crippen molar-refractivity contribution in [2.45, 2.75) is 25.8 Å². The smallest absolute Gasteiger partial charge is 0.207 e. The zero-order valence-electron chi connectivity index (χ0n) is 7.55. The normalized spacial score (nSPS) is 27.8. The summed E-state index contributed by atoms with van der Waals surface area (Å²) in [5.41, 5.74) is 0.594. The maximum absolute atomic E-state index is 10.1. The largest absolute Gasteiger partial charge is 0.356 e. The van der Waals surface area contributed by atoms with Crippen molar-refractivity contribution in [2.75, 3.05) is 19.6 Å². The van der Waals surface area contributed by atoms with Gasteiger partial charge >= 0.3 is 0 Å². The molecule has 0 aromatic heterocycles. The second kappa shape index (κ2) is 2.73. The number of nitrogens with zero attached hydrogens (tertiary/aromatic N) is 1. The van der Waals surface area contributed by atoms with E-state index in [9.17, 15) is 4.79 Å². The van der Waals surface area contributed by atoms with Crippen LogP contribution in [0, 0.1) is 5.41 Å². The molecule has 3 nitrogen and oxygen atoms in total. The molecule has 0 unspecified atom stereocenters. The molecular weight excluding hydrogens is 152 g/mol. The van der Waals surface area contributed by atoms with E-state index in [1.54, 1.807) is 0 Å². The topological polar surface area (TPSA) is 32.3 Å². The van der Waals surface area contributed by atoms with E-state index in [4.69, 9.17) is 0 Å². The van der Waals surface area contributed by atoms with Gasteiger partial charge in [0.1, 0.15) is 0 Å². The molecule has 0 aromatic carbocycles. The van der Waals surface area contributed by atoms with Gasteiger partial charge in [0.2, 0.25) is 6.41 Å². The predicted molar refractivity (Wildman–Crippen MR) is 46.8 cm³/mol. The Morgan fingerprint density at radius 1 is 1.58 bits per heavy atom. The van der Waals surface area contributed by atoms with E-state index in [-0.39, 0.29) is 0 Å².